The minimum atomic E-state index is 0.183. The average Bonchev–Trinajstić information content (AvgIpc) is 2.92. The third kappa shape index (κ3) is 1.64. The molecule has 0 heterocycles. The van der Waals surface area contributed by atoms with Crippen LogP contribution in [-0.2, 0) is 4.79 Å². The van der Waals surface area contributed by atoms with Crippen LogP contribution >= 0.6 is 0 Å². The highest BCUT2D eigenvalue weighted by molar-refractivity contribution is 5.93. The fraction of sp³-hybridized carbons (Fsp3) is 0.357. The summed E-state index contributed by atoms with van der Waals surface area (Å²) in [5, 5.41) is 3.00. The summed E-state index contributed by atoms with van der Waals surface area (Å²) < 4.78 is 0. The Morgan fingerprint density at radius 1 is 1.12 bits per heavy atom. The number of carbonyl (C=O) groups is 1. The molecule has 2 bridgehead atoms. The van der Waals surface area contributed by atoms with Crippen molar-refractivity contribution >= 4 is 11.6 Å². The normalized spacial score (nSPS) is 30.6. The molecule has 2 aliphatic carbocycles. The Balaban J connectivity index is 1.69. The van der Waals surface area contributed by atoms with Gasteiger partial charge in [0.15, 0.2) is 0 Å². The molecule has 0 aromatic heterocycles. The molecule has 82 valence electrons. The van der Waals surface area contributed by atoms with E-state index in [0.717, 1.165) is 12.1 Å². The second-order valence-corrected chi connectivity index (χ2v) is 4.74. The van der Waals surface area contributed by atoms with E-state index in [1.165, 1.54) is 6.42 Å². The van der Waals surface area contributed by atoms with Gasteiger partial charge in [0.05, 0.1) is 0 Å². The van der Waals surface area contributed by atoms with Crippen molar-refractivity contribution in [2.75, 3.05) is 5.32 Å². The molecular formula is C14H15NO. The lowest BCUT2D eigenvalue weighted by molar-refractivity contribution is -0.120. The maximum Gasteiger partial charge on any atom is 0.228 e. The summed E-state index contributed by atoms with van der Waals surface area (Å²) in [6.45, 7) is 0. The van der Waals surface area contributed by atoms with Crippen molar-refractivity contribution in [2.45, 2.75) is 12.8 Å². The molecule has 0 radical (unpaired) electrons. The van der Waals surface area contributed by atoms with E-state index in [1.807, 2.05) is 30.3 Å². The zero-order chi connectivity index (χ0) is 11.0. The summed E-state index contributed by atoms with van der Waals surface area (Å²) in [7, 11) is 0. The molecule has 0 spiro atoms. The van der Waals surface area contributed by atoms with Crippen LogP contribution in [0.1, 0.15) is 12.8 Å². The maximum atomic E-state index is 12.1. The number of hydrogen-bond donors (Lipinski definition) is 1. The lowest BCUT2D eigenvalue weighted by atomic mass is 9.93. The number of allylic oxidation sites excluding steroid dienone is 2. The molecule has 1 N–H and O–H groups in total. The van der Waals surface area contributed by atoms with E-state index in [4.69, 9.17) is 0 Å². The second kappa shape index (κ2) is 3.78. The van der Waals surface area contributed by atoms with Crippen molar-refractivity contribution in [1.29, 1.82) is 0 Å². The van der Waals surface area contributed by atoms with Gasteiger partial charge in [-0.3, -0.25) is 4.79 Å². The minimum absolute atomic E-state index is 0.183. The number of hydrogen-bond acceptors (Lipinski definition) is 1. The Morgan fingerprint density at radius 2 is 1.94 bits per heavy atom. The van der Waals surface area contributed by atoms with Crippen molar-refractivity contribution < 1.29 is 4.79 Å². The van der Waals surface area contributed by atoms with E-state index >= 15 is 0 Å². The van der Waals surface area contributed by atoms with Crippen LogP contribution in [0.15, 0.2) is 42.5 Å². The van der Waals surface area contributed by atoms with Gasteiger partial charge in [0.2, 0.25) is 5.91 Å². The first-order chi connectivity index (χ1) is 7.83. The Kier molecular flexibility index (Phi) is 2.28. The first kappa shape index (κ1) is 9.64. The number of amides is 1. The minimum Gasteiger partial charge on any atom is -0.326 e. The standard InChI is InChI=1S/C14H15NO/c16-14(15-12-4-2-1-3-5-12)13-9-10-6-7-11(13)8-10/h1-7,10-11,13H,8-9H2,(H,15,16). The van der Waals surface area contributed by atoms with Crippen molar-refractivity contribution in [3.05, 3.63) is 42.5 Å². The summed E-state index contributed by atoms with van der Waals surface area (Å²) in [5.74, 6) is 1.50. The van der Waals surface area contributed by atoms with Gasteiger partial charge in [0.1, 0.15) is 0 Å². The first-order valence-corrected chi connectivity index (χ1v) is 5.87. The molecule has 1 fully saturated rings. The lowest BCUT2D eigenvalue weighted by Gasteiger charge is -2.17. The van der Waals surface area contributed by atoms with Crippen molar-refractivity contribution in [3.8, 4) is 0 Å². The Morgan fingerprint density at radius 3 is 2.56 bits per heavy atom. The van der Waals surface area contributed by atoms with E-state index in [9.17, 15) is 4.79 Å². The fourth-order valence-electron chi connectivity index (χ4n) is 2.84. The van der Waals surface area contributed by atoms with Gasteiger partial charge >= 0.3 is 0 Å². The summed E-state index contributed by atoms with van der Waals surface area (Å²) in [6.07, 6.45) is 6.67. The molecule has 1 saturated carbocycles. The van der Waals surface area contributed by atoms with Crippen LogP contribution in [-0.4, -0.2) is 5.91 Å². The van der Waals surface area contributed by atoms with Gasteiger partial charge in [-0.1, -0.05) is 30.4 Å². The SMILES string of the molecule is O=C(Nc1ccccc1)C1CC2C=CC1C2. The Hall–Kier alpha value is -1.57. The molecule has 3 unspecified atom stereocenters. The quantitative estimate of drug-likeness (QED) is 0.752. The smallest absolute Gasteiger partial charge is 0.228 e. The second-order valence-electron chi connectivity index (χ2n) is 4.74. The molecule has 16 heavy (non-hydrogen) atoms. The van der Waals surface area contributed by atoms with Crippen LogP contribution in [0.25, 0.3) is 0 Å². The zero-order valence-electron chi connectivity index (χ0n) is 9.10. The van der Waals surface area contributed by atoms with Crippen LogP contribution in [0.4, 0.5) is 5.69 Å². The van der Waals surface area contributed by atoms with Crippen LogP contribution < -0.4 is 5.32 Å². The third-order valence-corrected chi connectivity index (χ3v) is 3.66. The Labute approximate surface area is 95.4 Å². The van der Waals surface area contributed by atoms with Crippen LogP contribution in [0.5, 0.6) is 0 Å². The van der Waals surface area contributed by atoms with E-state index in [2.05, 4.69) is 17.5 Å². The van der Waals surface area contributed by atoms with Crippen LogP contribution in [0.2, 0.25) is 0 Å². The van der Waals surface area contributed by atoms with Gasteiger partial charge < -0.3 is 5.32 Å². The molecule has 3 rings (SSSR count). The number of carbonyl (C=O) groups excluding carboxylic acids is 1. The largest absolute Gasteiger partial charge is 0.326 e. The highest BCUT2D eigenvalue weighted by Crippen LogP contribution is 2.43. The van der Waals surface area contributed by atoms with Gasteiger partial charge in [-0.25, -0.2) is 0 Å². The summed E-state index contributed by atoms with van der Waals surface area (Å²) in [6, 6.07) is 9.70. The molecule has 2 heteroatoms. The fourth-order valence-corrected chi connectivity index (χ4v) is 2.84. The van der Waals surface area contributed by atoms with Crippen molar-refractivity contribution in [3.63, 3.8) is 0 Å². The first-order valence-electron chi connectivity index (χ1n) is 5.87. The molecular weight excluding hydrogens is 198 g/mol. The number of nitrogens with one attached hydrogen (secondary N) is 1. The molecule has 3 atom stereocenters. The highest BCUT2D eigenvalue weighted by atomic mass is 16.1. The van der Waals surface area contributed by atoms with Crippen molar-refractivity contribution in [2.24, 2.45) is 17.8 Å². The summed E-state index contributed by atoms with van der Waals surface area (Å²) in [4.78, 5) is 12.1. The molecule has 1 amide bonds. The van der Waals surface area contributed by atoms with Crippen molar-refractivity contribution in [1.82, 2.24) is 0 Å². The van der Waals surface area contributed by atoms with Gasteiger partial charge in [0, 0.05) is 11.6 Å². The number of para-hydroxylation sites is 1. The average molecular weight is 213 g/mol. The predicted octanol–water partition coefficient (Wildman–Crippen LogP) is 2.84. The van der Waals surface area contributed by atoms with Crippen LogP contribution in [0, 0.1) is 17.8 Å². The number of benzene rings is 1. The zero-order valence-corrected chi connectivity index (χ0v) is 9.10. The van der Waals surface area contributed by atoms with E-state index < -0.39 is 0 Å². The monoisotopic (exact) mass is 213 g/mol. The molecule has 0 saturated heterocycles. The summed E-state index contributed by atoms with van der Waals surface area (Å²) in [5.41, 5.74) is 0.902. The third-order valence-electron chi connectivity index (χ3n) is 3.66. The maximum absolute atomic E-state index is 12.1. The van der Waals surface area contributed by atoms with Gasteiger partial charge in [-0.05, 0) is 36.8 Å². The topological polar surface area (TPSA) is 29.1 Å². The van der Waals surface area contributed by atoms with Gasteiger partial charge in [-0.15, -0.1) is 0 Å². The molecule has 2 aliphatic rings. The molecule has 1 aromatic carbocycles. The lowest BCUT2D eigenvalue weighted by Crippen LogP contribution is -2.25. The number of fused-ring (bicyclic) bond motifs is 2. The molecule has 0 aliphatic heterocycles. The van der Waals surface area contributed by atoms with E-state index in [-0.39, 0.29) is 11.8 Å². The molecule has 1 aromatic rings. The summed E-state index contributed by atoms with van der Waals surface area (Å²) >= 11 is 0. The van der Waals surface area contributed by atoms with Gasteiger partial charge in [-0.2, -0.15) is 0 Å². The highest BCUT2D eigenvalue weighted by Gasteiger charge is 2.39. The van der Waals surface area contributed by atoms with Crippen LogP contribution in [0.3, 0.4) is 0 Å². The van der Waals surface area contributed by atoms with E-state index in [1.54, 1.807) is 0 Å². The molecule has 2 nitrogen and oxygen atoms in total. The van der Waals surface area contributed by atoms with Gasteiger partial charge in [0.25, 0.3) is 0 Å². The number of anilines is 1. The Bertz CT molecular complexity index is 424. The predicted molar refractivity (Wildman–Crippen MR) is 63.9 cm³/mol. The van der Waals surface area contributed by atoms with E-state index in [0.29, 0.717) is 11.8 Å². The number of rotatable bonds is 2.